The Labute approximate surface area is 122 Å². The molecule has 1 aliphatic rings. The number of nitrogens with zero attached hydrogens (tertiary/aromatic N) is 2. The number of carbonyl (C=O) groups is 1. The molecule has 1 saturated heterocycles. The first-order valence-corrected chi connectivity index (χ1v) is 7.56. The Morgan fingerprint density at radius 3 is 2.90 bits per heavy atom. The van der Waals surface area contributed by atoms with Crippen molar-refractivity contribution in [2.24, 2.45) is 5.16 Å². The minimum absolute atomic E-state index is 0.0616. The van der Waals surface area contributed by atoms with Crippen molar-refractivity contribution in [3.8, 4) is 0 Å². The molecule has 0 spiro atoms. The minimum Gasteiger partial charge on any atom is -0.396 e. The lowest BCUT2D eigenvalue weighted by molar-refractivity contribution is -0.124. The normalized spacial score (nSPS) is 17.6. The summed E-state index contributed by atoms with van der Waals surface area (Å²) in [6.07, 6.45) is 0.517. The van der Waals surface area contributed by atoms with E-state index in [1.807, 2.05) is 30.3 Å². The number of oxime groups is 1. The highest BCUT2D eigenvalue weighted by Crippen LogP contribution is 2.17. The molecule has 0 aromatic heterocycles. The van der Waals surface area contributed by atoms with Crippen molar-refractivity contribution in [2.75, 3.05) is 25.5 Å². The van der Waals surface area contributed by atoms with Gasteiger partial charge in [-0.1, -0.05) is 47.2 Å². The zero-order valence-electron chi connectivity index (χ0n) is 11.2. The van der Waals surface area contributed by atoms with Gasteiger partial charge in [-0.3, -0.25) is 4.79 Å². The molecule has 0 saturated carbocycles. The van der Waals surface area contributed by atoms with Crippen LogP contribution < -0.4 is 0 Å². The number of thioether (sulfide) groups is 1. The van der Waals surface area contributed by atoms with Crippen molar-refractivity contribution in [3.63, 3.8) is 0 Å². The minimum atomic E-state index is -0.0888. The molecule has 1 N–H and O–H groups in total. The summed E-state index contributed by atoms with van der Waals surface area (Å²) in [5.41, 5.74) is 1.10. The molecule has 0 bridgehead atoms. The third-order valence-corrected chi connectivity index (χ3v) is 3.74. The summed E-state index contributed by atoms with van der Waals surface area (Å²) in [6.45, 7) is 1.70. The fraction of sp³-hybridized carbons (Fsp3) is 0.429. The van der Waals surface area contributed by atoms with Crippen LogP contribution in [0.3, 0.4) is 0 Å². The van der Waals surface area contributed by atoms with Crippen LogP contribution in [0.25, 0.3) is 0 Å². The Morgan fingerprint density at radius 2 is 2.15 bits per heavy atom. The zero-order chi connectivity index (χ0) is 14.2. The average Bonchev–Trinajstić information content (AvgIpc) is 2.48. The van der Waals surface area contributed by atoms with Gasteiger partial charge in [-0.05, 0) is 5.56 Å². The van der Waals surface area contributed by atoms with E-state index in [9.17, 15) is 4.79 Å². The molecule has 0 atom stereocenters. The summed E-state index contributed by atoms with van der Waals surface area (Å²) < 4.78 is 0. The number of rotatable bonds is 6. The largest absolute Gasteiger partial charge is 0.396 e. The van der Waals surface area contributed by atoms with Gasteiger partial charge < -0.3 is 14.8 Å². The summed E-state index contributed by atoms with van der Waals surface area (Å²) in [5.74, 6) is 0.731. The van der Waals surface area contributed by atoms with Crippen LogP contribution >= 0.6 is 11.8 Å². The van der Waals surface area contributed by atoms with E-state index in [0.29, 0.717) is 31.2 Å². The standard InChI is InChI=1S/C14H18N2O3S/c17-8-4-9-19-15-13-14(18)16(7-10-20-13)11-12-5-2-1-3-6-12/h1-3,5-6,17H,4,7-11H2. The van der Waals surface area contributed by atoms with Crippen molar-refractivity contribution in [2.45, 2.75) is 13.0 Å². The molecule has 1 heterocycles. The number of hydrogen-bond donors (Lipinski definition) is 1. The Hall–Kier alpha value is -1.53. The maximum absolute atomic E-state index is 12.2. The van der Waals surface area contributed by atoms with E-state index in [1.54, 1.807) is 4.90 Å². The first-order chi connectivity index (χ1) is 9.81. The van der Waals surface area contributed by atoms with Gasteiger partial charge in [0.15, 0.2) is 0 Å². The maximum atomic E-state index is 12.2. The molecular weight excluding hydrogens is 276 g/mol. The summed E-state index contributed by atoms with van der Waals surface area (Å²) in [7, 11) is 0. The lowest BCUT2D eigenvalue weighted by atomic mass is 10.2. The molecule has 6 heteroatoms. The van der Waals surface area contributed by atoms with E-state index in [-0.39, 0.29) is 12.5 Å². The third-order valence-electron chi connectivity index (χ3n) is 2.83. The lowest BCUT2D eigenvalue weighted by Crippen LogP contribution is -2.40. The molecule has 0 unspecified atom stereocenters. The highest BCUT2D eigenvalue weighted by molar-refractivity contribution is 8.15. The number of hydrogen-bond acceptors (Lipinski definition) is 5. The first kappa shape index (κ1) is 14.9. The highest BCUT2D eigenvalue weighted by Gasteiger charge is 2.26. The fourth-order valence-corrected chi connectivity index (χ4v) is 2.67. The molecule has 2 rings (SSSR count). The molecule has 1 aromatic rings. The summed E-state index contributed by atoms with van der Waals surface area (Å²) in [6, 6.07) is 9.89. The number of benzene rings is 1. The molecule has 20 heavy (non-hydrogen) atoms. The molecule has 1 amide bonds. The second-order valence-electron chi connectivity index (χ2n) is 4.37. The van der Waals surface area contributed by atoms with Crippen LogP contribution in [-0.4, -0.2) is 46.5 Å². The maximum Gasteiger partial charge on any atom is 0.282 e. The molecule has 108 valence electrons. The first-order valence-electron chi connectivity index (χ1n) is 6.58. The van der Waals surface area contributed by atoms with Gasteiger partial charge in [-0.25, -0.2) is 0 Å². The Kier molecular flexibility index (Phi) is 5.88. The van der Waals surface area contributed by atoms with Gasteiger partial charge in [0.05, 0.1) is 0 Å². The van der Waals surface area contributed by atoms with Crippen LogP contribution in [0, 0.1) is 0 Å². The molecule has 0 radical (unpaired) electrons. The van der Waals surface area contributed by atoms with Gasteiger partial charge in [-0.15, -0.1) is 0 Å². The predicted molar refractivity (Wildman–Crippen MR) is 79.4 cm³/mol. The molecule has 1 aliphatic heterocycles. The molecular formula is C14H18N2O3S. The van der Waals surface area contributed by atoms with Crippen molar-refractivity contribution >= 4 is 22.7 Å². The Morgan fingerprint density at radius 1 is 1.35 bits per heavy atom. The fourth-order valence-electron chi connectivity index (χ4n) is 1.80. The summed E-state index contributed by atoms with van der Waals surface area (Å²) in [5, 5.41) is 12.9. The smallest absolute Gasteiger partial charge is 0.282 e. The monoisotopic (exact) mass is 294 g/mol. The third kappa shape index (κ3) is 4.25. The lowest BCUT2D eigenvalue weighted by Gasteiger charge is -2.26. The number of carbonyl (C=O) groups excluding carboxylic acids is 1. The van der Waals surface area contributed by atoms with Crippen LogP contribution in [0.2, 0.25) is 0 Å². The number of aliphatic hydroxyl groups excluding tert-OH is 1. The van der Waals surface area contributed by atoms with Crippen LogP contribution in [0.4, 0.5) is 0 Å². The van der Waals surface area contributed by atoms with Crippen molar-refractivity contribution in [1.29, 1.82) is 0 Å². The number of aliphatic hydroxyl groups is 1. The van der Waals surface area contributed by atoms with E-state index < -0.39 is 0 Å². The molecule has 0 aliphatic carbocycles. The highest BCUT2D eigenvalue weighted by atomic mass is 32.2. The predicted octanol–water partition coefficient (Wildman–Crippen LogP) is 1.47. The van der Waals surface area contributed by atoms with Crippen molar-refractivity contribution in [1.82, 2.24) is 4.90 Å². The van der Waals surface area contributed by atoms with Crippen LogP contribution in [0.1, 0.15) is 12.0 Å². The average molecular weight is 294 g/mol. The summed E-state index contributed by atoms with van der Waals surface area (Å²) in [4.78, 5) is 19.1. The Balaban J connectivity index is 1.93. The Bertz CT molecular complexity index is 465. The van der Waals surface area contributed by atoms with Crippen molar-refractivity contribution < 1.29 is 14.7 Å². The quantitative estimate of drug-likeness (QED) is 0.637. The van der Waals surface area contributed by atoms with E-state index in [1.165, 1.54) is 11.8 Å². The summed E-state index contributed by atoms with van der Waals surface area (Å²) >= 11 is 1.41. The van der Waals surface area contributed by atoms with Gasteiger partial charge in [0.2, 0.25) is 5.04 Å². The van der Waals surface area contributed by atoms with Crippen LogP contribution in [0.5, 0.6) is 0 Å². The second-order valence-corrected chi connectivity index (χ2v) is 5.45. The van der Waals surface area contributed by atoms with Crippen molar-refractivity contribution in [3.05, 3.63) is 35.9 Å². The molecule has 5 nitrogen and oxygen atoms in total. The van der Waals surface area contributed by atoms with Crippen LogP contribution in [-0.2, 0) is 16.2 Å². The van der Waals surface area contributed by atoms with E-state index in [4.69, 9.17) is 9.94 Å². The topological polar surface area (TPSA) is 62.1 Å². The zero-order valence-corrected chi connectivity index (χ0v) is 12.0. The van der Waals surface area contributed by atoms with Crippen LogP contribution in [0.15, 0.2) is 35.5 Å². The second kappa shape index (κ2) is 7.91. The van der Waals surface area contributed by atoms with Gasteiger partial charge in [0.1, 0.15) is 6.61 Å². The van der Waals surface area contributed by atoms with Gasteiger partial charge in [0, 0.05) is 31.9 Å². The van der Waals surface area contributed by atoms with Gasteiger partial charge in [-0.2, -0.15) is 0 Å². The number of amides is 1. The SMILES string of the molecule is O=C1C(=NOCCCO)SCCN1Cc1ccccc1. The molecule has 1 fully saturated rings. The van der Waals surface area contributed by atoms with Gasteiger partial charge >= 0.3 is 0 Å². The molecule has 1 aromatic carbocycles. The van der Waals surface area contributed by atoms with E-state index in [0.717, 1.165) is 11.3 Å². The van der Waals surface area contributed by atoms with E-state index in [2.05, 4.69) is 5.16 Å². The van der Waals surface area contributed by atoms with Gasteiger partial charge in [0.25, 0.3) is 5.91 Å². The van der Waals surface area contributed by atoms with E-state index >= 15 is 0 Å².